The predicted octanol–water partition coefficient (Wildman–Crippen LogP) is 3.37. The van der Waals surface area contributed by atoms with Crippen molar-refractivity contribution in [3.05, 3.63) is 65.8 Å². The van der Waals surface area contributed by atoms with Gasteiger partial charge < -0.3 is 14.8 Å². The molecule has 0 aliphatic heterocycles. The Kier molecular flexibility index (Phi) is 5.63. The second-order valence-electron chi connectivity index (χ2n) is 5.85. The summed E-state index contributed by atoms with van der Waals surface area (Å²) >= 11 is 0. The highest BCUT2D eigenvalue weighted by Crippen LogP contribution is 2.27. The molecule has 0 radical (unpaired) electrons. The third kappa shape index (κ3) is 4.27. The summed E-state index contributed by atoms with van der Waals surface area (Å²) in [6.45, 7) is 0. The topological polar surface area (TPSA) is 73.3 Å². The molecule has 26 heavy (non-hydrogen) atoms. The van der Waals surface area contributed by atoms with E-state index in [1.54, 1.807) is 20.3 Å². The highest BCUT2D eigenvalue weighted by atomic mass is 16.5. The summed E-state index contributed by atoms with van der Waals surface area (Å²) in [5, 5.41) is 2.82. The van der Waals surface area contributed by atoms with E-state index in [2.05, 4.69) is 21.4 Å². The van der Waals surface area contributed by atoms with E-state index < -0.39 is 0 Å². The highest BCUT2D eigenvalue weighted by Gasteiger charge is 2.14. The molecule has 1 aromatic carbocycles. The first-order valence-corrected chi connectivity index (χ1v) is 8.38. The van der Waals surface area contributed by atoms with Crippen molar-refractivity contribution in [2.24, 2.45) is 0 Å². The van der Waals surface area contributed by atoms with Crippen molar-refractivity contribution in [2.45, 2.75) is 19.3 Å². The van der Waals surface area contributed by atoms with Gasteiger partial charge in [0, 0.05) is 18.1 Å². The third-order valence-electron chi connectivity index (χ3n) is 4.08. The number of amides is 1. The van der Waals surface area contributed by atoms with Crippen LogP contribution < -0.4 is 10.1 Å². The molecule has 0 fully saturated rings. The first kappa shape index (κ1) is 17.7. The lowest BCUT2D eigenvalue weighted by Gasteiger charge is -2.14. The number of hydrogen-bond acceptors (Lipinski definition) is 5. The third-order valence-corrected chi connectivity index (χ3v) is 4.08. The van der Waals surface area contributed by atoms with Gasteiger partial charge in [-0.2, -0.15) is 0 Å². The summed E-state index contributed by atoms with van der Waals surface area (Å²) in [7, 11) is 3.26. The Morgan fingerprint density at radius 1 is 1.19 bits per heavy atom. The molecule has 1 heterocycles. The van der Waals surface area contributed by atoms with Crippen molar-refractivity contribution in [3.63, 3.8) is 0 Å². The van der Waals surface area contributed by atoms with Crippen molar-refractivity contribution < 1.29 is 14.3 Å². The first-order chi connectivity index (χ1) is 12.7. The number of nitrogens with zero attached hydrogens (tertiary/aromatic N) is 2. The van der Waals surface area contributed by atoms with Crippen LogP contribution in [-0.4, -0.2) is 30.1 Å². The van der Waals surface area contributed by atoms with Crippen LogP contribution in [0, 0.1) is 0 Å². The van der Waals surface area contributed by atoms with E-state index in [4.69, 9.17) is 9.47 Å². The van der Waals surface area contributed by atoms with Crippen LogP contribution in [0.4, 0.5) is 5.82 Å². The van der Waals surface area contributed by atoms with Gasteiger partial charge in [0.2, 0.25) is 5.91 Å². The molecular weight excluding hydrogens is 330 g/mol. The summed E-state index contributed by atoms with van der Waals surface area (Å²) in [6, 6.07) is 9.19. The lowest BCUT2D eigenvalue weighted by molar-refractivity contribution is -0.115. The van der Waals surface area contributed by atoms with Gasteiger partial charge in [-0.3, -0.25) is 4.79 Å². The second-order valence-corrected chi connectivity index (χ2v) is 5.85. The van der Waals surface area contributed by atoms with Crippen molar-refractivity contribution >= 4 is 17.3 Å². The molecule has 1 amide bonds. The standard InChI is InChI=1S/C20H21N3O3/c1-25-15-7-5-6-14(10-15)11-20(24)23-19-12-17(21-13-22-19)16-8-3-4-9-18(16)26-2/h3,5-8,10,12-13H,4,9,11H2,1-2H3,(H,21,22,23,24). The monoisotopic (exact) mass is 351 g/mol. The van der Waals surface area contributed by atoms with Gasteiger partial charge in [0.1, 0.15) is 23.7 Å². The summed E-state index contributed by atoms with van der Waals surface area (Å²) in [5.41, 5.74) is 2.52. The maximum absolute atomic E-state index is 12.3. The van der Waals surface area contributed by atoms with E-state index in [0.717, 1.165) is 41.2 Å². The van der Waals surface area contributed by atoms with Gasteiger partial charge in [0.05, 0.1) is 26.3 Å². The molecule has 0 bridgehead atoms. The van der Waals surface area contributed by atoms with Gasteiger partial charge in [0.15, 0.2) is 0 Å². The Balaban J connectivity index is 1.73. The molecule has 134 valence electrons. The Morgan fingerprint density at radius 2 is 2.08 bits per heavy atom. The van der Waals surface area contributed by atoms with Crippen molar-refractivity contribution in [3.8, 4) is 5.75 Å². The molecule has 1 aliphatic rings. The molecule has 1 aliphatic carbocycles. The lowest BCUT2D eigenvalue weighted by atomic mass is 10.0. The Hall–Kier alpha value is -3.15. The van der Waals surface area contributed by atoms with Crippen LogP contribution in [0.25, 0.3) is 5.57 Å². The molecule has 6 nitrogen and oxygen atoms in total. The molecule has 0 saturated heterocycles. The number of nitrogens with one attached hydrogen (secondary N) is 1. The maximum atomic E-state index is 12.3. The largest absolute Gasteiger partial charge is 0.500 e. The summed E-state index contributed by atoms with van der Waals surface area (Å²) in [5.74, 6) is 1.93. The van der Waals surface area contributed by atoms with Crippen LogP contribution in [0.15, 0.2) is 54.6 Å². The smallest absolute Gasteiger partial charge is 0.229 e. The van der Waals surface area contributed by atoms with E-state index in [9.17, 15) is 4.79 Å². The normalized spacial score (nSPS) is 13.5. The Labute approximate surface area is 152 Å². The molecular formula is C20H21N3O3. The molecule has 1 N–H and O–H groups in total. The second kappa shape index (κ2) is 8.29. The SMILES string of the molecule is COC1=C(c2cc(NC(=O)Cc3cccc(OC)c3)ncn2)C=CCC1. The molecule has 0 atom stereocenters. The average Bonchev–Trinajstić information content (AvgIpc) is 2.68. The average molecular weight is 351 g/mol. The van der Waals surface area contributed by atoms with Gasteiger partial charge in [-0.05, 0) is 24.1 Å². The van der Waals surface area contributed by atoms with Gasteiger partial charge in [-0.1, -0.05) is 24.3 Å². The first-order valence-electron chi connectivity index (χ1n) is 8.38. The van der Waals surface area contributed by atoms with Crippen molar-refractivity contribution in [1.82, 2.24) is 9.97 Å². The minimum Gasteiger partial charge on any atom is -0.500 e. The number of benzene rings is 1. The predicted molar refractivity (Wildman–Crippen MR) is 99.7 cm³/mol. The van der Waals surface area contributed by atoms with Gasteiger partial charge in [-0.15, -0.1) is 0 Å². The van der Waals surface area contributed by atoms with Crippen molar-refractivity contribution in [2.75, 3.05) is 19.5 Å². The van der Waals surface area contributed by atoms with Crippen molar-refractivity contribution in [1.29, 1.82) is 0 Å². The van der Waals surface area contributed by atoms with Gasteiger partial charge in [0.25, 0.3) is 0 Å². The number of methoxy groups -OCH3 is 2. The number of allylic oxidation sites excluding steroid dienone is 4. The summed E-state index contributed by atoms with van der Waals surface area (Å²) in [6.07, 6.45) is 7.54. The Bertz CT molecular complexity index is 859. The van der Waals surface area contributed by atoms with E-state index in [-0.39, 0.29) is 12.3 Å². The van der Waals surface area contributed by atoms with E-state index in [1.807, 2.05) is 30.3 Å². The van der Waals surface area contributed by atoms with E-state index in [0.29, 0.717) is 5.82 Å². The summed E-state index contributed by atoms with van der Waals surface area (Å²) in [4.78, 5) is 20.8. The molecule has 1 aromatic heterocycles. The molecule has 0 spiro atoms. The number of hydrogen-bond donors (Lipinski definition) is 1. The van der Waals surface area contributed by atoms with E-state index >= 15 is 0 Å². The van der Waals surface area contributed by atoms with Crippen LogP contribution in [0.2, 0.25) is 0 Å². The van der Waals surface area contributed by atoms with Gasteiger partial charge >= 0.3 is 0 Å². The Morgan fingerprint density at radius 3 is 2.88 bits per heavy atom. The van der Waals surface area contributed by atoms with E-state index in [1.165, 1.54) is 6.33 Å². The number of anilines is 1. The minimum atomic E-state index is -0.150. The zero-order chi connectivity index (χ0) is 18.4. The minimum absolute atomic E-state index is 0.150. The molecule has 0 unspecified atom stereocenters. The highest BCUT2D eigenvalue weighted by molar-refractivity contribution is 5.92. The number of ether oxygens (including phenoxy) is 2. The molecule has 2 aromatic rings. The molecule has 0 saturated carbocycles. The quantitative estimate of drug-likeness (QED) is 0.864. The van der Waals surface area contributed by atoms with Crippen LogP contribution in [0.3, 0.4) is 0 Å². The number of rotatable bonds is 6. The number of aromatic nitrogens is 2. The van der Waals surface area contributed by atoms with Crippen LogP contribution in [-0.2, 0) is 16.0 Å². The zero-order valence-electron chi connectivity index (χ0n) is 14.9. The fraction of sp³-hybridized carbons (Fsp3) is 0.250. The fourth-order valence-corrected chi connectivity index (χ4v) is 2.81. The maximum Gasteiger partial charge on any atom is 0.229 e. The molecule has 6 heteroatoms. The fourth-order valence-electron chi connectivity index (χ4n) is 2.81. The van der Waals surface area contributed by atoms with Crippen LogP contribution >= 0.6 is 0 Å². The zero-order valence-corrected chi connectivity index (χ0v) is 14.9. The number of carbonyl (C=O) groups is 1. The molecule has 3 rings (SSSR count). The summed E-state index contributed by atoms with van der Waals surface area (Å²) < 4.78 is 10.6. The van der Waals surface area contributed by atoms with Crippen LogP contribution in [0.5, 0.6) is 5.75 Å². The number of carbonyl (C=O) groups excluding carboxylic acids is 1. The van der Waals surface area contributed by atoms with Crippen LogP contribution in [0.1, 0.15) is 24.1 Å². The lowest BCUT2D eigenvalue weighted by Crippen LogP contribution is -2.15. The van der Waals surface area contributed by atoms with Gasteiger partial charge in [-0.25, -0.2) is 9.97 Å².